The molecule has 0 bridgehead atoms. The molecule has 6 amide bonds. The second kappa shape index (κ2) is 18.0. The standard InChI is InChI=1S/C49H49F3N12O5S/c1-58-39-24-30(7-10-33(39)44(57-58)63-18-12-40(65)55-48(63)69)36-11-17-59(27-49(36,51)52)26-41(66)61-16-3-15-60(19-20-61)32-8-5-29(6-9-32)31-22-34-35(37(50)23-31)25-64(46(34)68)43(45(67)56-47-53-13-21-70-47)42-38-4-2-14-62(38)28-54-42/h5-10,13,21-24,28,36,43H,2-4,11-12,14-20,25-27H2,1H3,(H,53,56,67)(H,55,65,69). The highest BCUT2D eigenvalue weighted by atomic mass is 32.1. The summed E-state index contributed by atoms with van der Waals surface area (Å²) in [5.74, 6) is -5.88. The second-order valence-electron chi connectivity index (χ2n) is 18.6. The van der Waals surface area contributed by atoms with E-state index in [1.807, 2.05) is 28.8 Å². The minimum atomic E-state index is -3.12. The Kier molecular flexibility index (Phi) is 11.7. The van der Waals surface area contributed by atoms with Crippen molar-refractivity contribution < 1.29 is 37.1 Å². The van der Waals surface area contributed by atoms with Gasteiger partial charge in [0, 0.05) is 92.2 Å². The number of carbonyl (C=O) groups excluding carboxylic acids is 5. The van der Waals surface area contributed by atoms with Gasteiger partial charge in [-0.15, -0.1) is 11.3 Å². The smallest absolute Gasteiger partial charge is 0.329 e. The van der Waals surface area contributed by atoms with Crippen molar-refractivity contribution in [1.29, 1.82) is 0 Å². The van der Waals surface area contributed by atoms with Crippen LogP contribution in [-0.4, -0.2) is 127 Å². The third-order valence-corrected chi connectivity index (χ3v) is 15.0. The molecule has 362 valence electrons. The number of aromatic nitrogens is 5. The first kappa shape index (κ1) is 45.3. The number of piperidine rings is 1. The summed E-state index contributed by atoms with van der Waals surface area (Å²) >= 11 is 1.26. The van der Waals surface area contributed by atoms with Gasteiger partial charge in [0.05, 0.1) is 43.1 Å². The maximum Gasteiger partial charge on any atom is 0.329 e. The number of alkyl halides is 2. The lowest BCUT2D eigenvalue weighted by Gasteiger charge is -2.39. The van der Waals surface area contributed by atoms with Crippen LogP contribution in [0.3, 0.4) is 0 Å². The number of anilines is 3. The Hall–Kier alpha value is -7.13. The fraction of sp³-hybridized carbons (Fsp3) is 0.388. The van der Waals surface area contributed by atoms with Gasteiger partial charge in [0.15, 0.2) is 17.0 Å². The number of thiazole rings is 1. The van der Waals surface area contributed by atoms with E-state index in [9.17, 15) is 24.0 Å². The van der Waals surface area contributed by atoms with Crippen LogP contribution >= 0.6 is 11.3 Å². The minimum Gasteiger partial charge on any atom is -0.370 e. The normalized spacial score (nSPS) is 19.9. The van der Waals surface area contributed by atoms with E-state index in [0.717, 1.165) is 24.3 Å². The van der Waals surface area contributed by atoms with E-state index in [1.165, 1.54) is 32.1 Å². The molecule has 0 spiro atoms. The van der Waals surface area contributed by atoms with Crippen LogP contribution in [0.25, 0.3) is 22.0 Å². The van der Waals surface area contributed by atoms with Gasteiger partial charge in [0.2, 0.25) is 11.8 Å². The van der Waals surface area contributed by atoms with Gasteiger partial charge in [-0.25, -0.2) is 27.9 Å². The van der Waals surface area contributed by atoms with Crippen LogP contribution in [-0.2, 0) is 40.9 Å². The number of urea groups is 1. The molecule has 70 heavy (non-hydrogen) atoms. The lowest BCUT2D eigenvalue weighted by molar-refractivity contribution is -0.136. The molecule has 3 aromatic heterocycles. The number of likely N-dealkylation sites (tertiary alicyclic amines) is 1. The van der Waals surface area contributed by atoms with Gasteiger partial charge in [-0.1, -0.05) is 18.2 Å². The third-order valence-electron chi connectivity index (χ3n) is 14.3. The monoisotopic (exact) mass is 974 g/mol. The fourth-order valence-corrected chi connectivity index (χ4v) is 11.3. The zero-order chi connectivity index (χ0) is 48.4. The summed E-state index contributed by atoms with van der Waals surface area (Å²) in [5, 5.41) is 12.3. The number of benzene rings is 3. The Morgan fingerprint density at radius 1 is 0.929 bits per heavy atom. The summed E-state index contributed by atoms with van der Waals surface area (Å²) in [4.78, 5) is 82.9. The molecule has 3 saturated heterocycles. The Morgan fingerprint density at radius 3 is 2.56 bits per heavy atom. The number of halogens is 3. The molecule has 0 saturated carbocycles. The molecule has 8 heterocycles. The van der Waals surface area contributed by atoms with Gasteiger partial charge in [-0.2, -0.15) is 5.10 Å². The van der Waals surface area contributed by atoms with E-state index >= 15 is 13.2 Å². The number of carbonyl (C=O) groups is 5. The van der Waals surface area contributed by atoms with Gasteiger partial charge in [0.1, 0.15) is 5.82 Å². The lowest BCUT2D eigenvalue weighted by Crippen LogP contribution is -2.51. The highest BCUT2D eigenvalue weighted by molar-refractivity contribution is 7.13. The number of amides is 6. The Bertz CT molecular complexity index is 3070. The number of rotatable bonds is 10. The molecule has 3 aromatic carbocycles. The van der Waals surface area contributed by atoms with Gasteiger partial charge in [0.25, 0.3) is 17.7 Å². The van der Waals surface area contributed by atoms with Crippen LogP contribution in [0.1, 0.15) is 70.5 Å². The van der Waals surface area contributed by atoms with E-state index < -0.39 is 48.1 Å². The summed E-state index contributed by atoms with van der Waals surface area (Å²) in [6.45, 7) is 2.56. The van der Waals surface area contributed by atoms with Crippen LogP contribution in [0.2, 0.25) is 0 Å². The quantitative estimate of drug-likeness (QED) is 0.168. The number of nitrogens with zero attached hydrogens (tertiary/aromatic N) is 10. The van der Waals surface area contributed by atoms with Crippen LogP contribution < -0.4 is 20.4 Å². The molecule has 2 N–H and O–H groups in total. The molecule has 17 nitrogen and oxygen atoms in total. The number of aryl methyl sites for hydroxylation is 2. The van der Waals surface area contributed by atoms with Crippen LogP contribution in [0.15, 0.2) is 72.5 Å². The van der Waals surface area contributed by atoms with E-state index in [2.05, 4.69) is 30.6 Å². The summed E-state index contributed by atoms with van der Waals surface area (Å²) in [6.07, 6.45) is 5.82. The van der Waals surface area contributed by atoms with Gasteiger partial charge >= 0.3 is 6.03 Å². The molecule has 3 fully saturated rings. The van der Waals surface area contributed by atoms with Crippen LogP contribution in [0.5, 0.6) is 0 Å². The summed E-state index contributed by atoms with van der Waals surface area (Å²) in [6, 6.07) is 14.1. The lowest BCUT2D eigenvalue weighted by atomic mass is 9.85. The second-order valence-corrected chi connectivity index (χ2v) is 19.5. The van der Waals surface area contributed by atoms with Crippen molar-refractivity contribution in [2.24, 2.45) is 7.05 Å². The van der Waals surface area contributed by atoms with E-state index in [1.54, 1.807) is 58.8 Å². The van der Waals surface area contributed by atoms with E-state index in [-0.39, 0.29) is 55.4 Å². The maximum atomic E-state index is 16.0. The van der Waals surface area contributed by atoms with Crippen molar-refractivity contribution in [1.82, 2.24) is 44.3 Å². The van der Waals surface area contributed by atoms with Crippen molar-refractivity contribution in [3.05, 3.63) is 106 Å². The first-order chi connectivity index (χ1) is 33.8. The Morgan fingerprint density at radius 2 is 1.77 bits per heavy atom. The molecular formula is C49H49F3N12O5S. The largest absolute Gasteiger partial charge is 0.370 e. The minimum absolute atomic E-state index is 0.0943. The van der Waals surface area contributed by atoms with Gasteiger partial charge in [-0.05, 0) is 85.3 Å². The average molecular weight is 975 g/mol. The molecule has 0 aliphatic carbocycles. The molecule has 2 atom stereocenters. The zero-order valence-corrected chi connectivity index (χ0v) is 39.1. The molecule has 6 aromatic rings. The fourth-order valence-electron chi connectivity index (χ4n) is 10.7. The van der Waals surface area contributed by atoms with Crippen molar-refractivity contribution in [3.8, 4) is 11.1 Å². The number of hydrogen-bond donors (Lipinski definition) is 2. The molecule has 21 heteroatoms. The SMILES string of the molecule is Cn1nc(N2CCC(=O)NC2=O)c2ccc(C3CCN(CC(=O)N4CCCN(c5ccc(-c6cc(F)c7c(c6)C(=O)N(C(C(=O)Nc6nccs6)c6ncn8c6CCC8)C7)cc5)CC4)CC3(F)F)cc21. The molecular weight excluding hydrogens is 926 g/mol. The number of hydrogen-bond acceptors (Lipinski definition) is 11. The Labute approximate surface area is 403 Å². The topological polar surface area (TPSA) is 174 Å². The van der Waals surface area contributed by atoms with Crippen molar-refractivity contribution >= 4 is 68.5 Å². The van der Waals surface area contributed by atoms with Crippen LogP contribution in [0.4, 0.5) is 34.6 Å². The summed E-state index contributed by atoms with van der Waals surface area (Å²) < 4.78 is 51.5. The highest BCUT2D eigenvalue weighted by Gasteiger charge is 2.46. The molecule has 5 aliphatic heterocycles. The number of imidazole rings is 1. The van der Waals surface area contributed by atoms with Gasteiger partial charge < -0.3 is 19.3 Å². The summed E-state index contributed by atoms with van der Waals surface area (Å²) in [7, 11) is 1.69. The van der Waals surface area contributed by atoms with Crippen molar-refractivity contribution in [2.45, 2.75) is 63.1 Å². The average Bonchev–Trinajstić information content (AvgIpc) is 4.18. The molecule has 11 rings (SSSR count). The molecule has 5 aliphatic rings. The number of fused-ring (bicyclic) bond motifs is 3. The van der Waals surface area contributed by atoms with Crippen molar-refractivity contribution in [3.63, 3.8) is 0 Å². The van der Waals surface area contributed by atoms with E-state index in [0.29, 0.717) is 89.8 Å². The summed E-state index contributed by atoms with van der Waals surface area (Å²) in [5.41, 5.74) is 4.93. The highest BCUT2D eigenvalue weighted by Crippen LogP contribution is 2.43. The number of imide groups is 1. The number of nitrogens with one attached hydrogen (secondary N) is 2. The third kappa shape index (κ3) is 8.33. The zero-order valence-electron chi connectivity index (χ0n) is 38.2. The Balaban J connectivity index is 0.715. The molecule has 0 radical (unpaired) electrons. The van der Waals surface area contributed by atoms with Crippen molar-refractivity contribution in [2.75, 3.05) is 67.5 Å². The van der Waals surface area contributed by atoms with E-state index in [4.69, 9.17) is 0 Å². The first-order valence-corrected chi connectivity index (χ1v) is 24.4. The van der Waals surface area contributed by atoms with Crippen LogP contribution in [0, 0.1) is 5.82 Å². The first-order valence-electron chi connectivity index (χ1n) is 23.5. The maximum absolute atomic E-state index is 16.0. The molecule has 2 unspecified atom stereocenters. The predicted molar refractivity (Wildman–Crippen MR) is 254 cm³/mol. The predicted octanol–water partition coefficient (Wildman–Crippen LogP) is 5.92. The van der Waals surface area contributed by atoms with Gasteiger partial charge in [-0.3, -0.25) is 44.3 Å².